The van der Waals surface area contributed by atoms with Crippen LogP contribution >= 0.6 is 0 Å². The first kappa shape index (κ1) is 24.8. The number of aliphatic hydroxyl groups is 1. The average Bonchev–Trinajstić information content (AvgIpc) is 2.64. The highest BCUT2D eigenvalue weighted by atomic mass is 16.8. The Bertz CT molecular complexity index is 267. The van der Waals surface area contributed by atoms with Gasteiger partial charge in [-0.15, -0.1) is 0 Å². The van der Waals surface area contributed by atoms with Gasteiger partial charge in [0.2, 0.25) is 0 Å². The highest BCUT2D eigenvalue weighted by Crippen LogP contribution is 2.21. The zero-order valence-electron chi connectivity index (χ0n) is 17.4. The van der Waals surface area contributed by atoms with Crippen LogP contribution in [-0.4, -0.2) is 38.5 Å². The predicted molar refractivity (Wildman–Crippen MR) is 105 cm³/mol. The van der Waals surface area contributed by atoms with Gasteiger partial charge >= 0.3 is 5.97 Å². The molecule has 0 amide bonds. The first-order chi connectivity index (χ1) is 12.1. The van der Waals surface area contributed by atoms with Crippen LogP contribution in [0, 0.1) is 0 Å². The topological polar surface area (TPSA) is 47.9 Å². The summed E-state index contributed by atoms with van der Waals surface area (Å²) in [6.07, 6.45) is 19.0. The average molecular weight is 361 g/mol. The van der Waals surface area contributed by atoms with E-state index in [0.717, 1.165) is 12.8 Å². The van der Waals surface area contributed by atoms with Gasteiger partial charge in [0.15, 0.2) is 0 Å². The molecule has 1 unspecified atom stereocenters. The van der Waals surface area contributed by atoms with Crippen molar-refractivity contribution in [3.05, 3.63) is 0 Å². The molecule has 0 bridgehead atoms. The van der Waals surface area contributed by atoms with Crippen LogP contribution in [0.5, 0.6) is 0 Å². The molecular weight excluding hydrogens is 316 g/mol. The lowest BCUT2D eigenvalue weighted by molar-refractivity contribution is -0.381. The molecule has 0 aliphatic rings. The number of ether oxygens (including phenoxy) is 3. The van der Waals surface area contributed by atoms with Crippen molar-refractivity contribution in [3.63, 3.8) is 0 Å². The van der Waals surface area contributed by atoms with Gasteiger partial charge in [-0.05, 0) is 6.42 Å². The Labute approximate surface area is 156 Å². The second-order valence-electron chi connectivity index (χ2n) is 7.15. The maximum Gasteiger partial charge on any atom is 0.307 e. The second kappa shape index (κ2) is 17.3. The number of methoxy groups -OCH3 is 3. The molecule has 0 aromatic carbocycles. The minimum Gasteiger partial charge on any atom is -0.373 e. The Morgan fingerprint density at radius 3 is 1.32 bits per heavy atom. The first-order valence-corrected chi connectivity index (χ1v) is 10.5. The molecule has 1 N–H and O–H groups in total. The van der Waals surface area contributed by atoms with Crippen molar-refractivity contribution in [3.8, 4) is 0 Å². The van der Waals surface area contributed by atoms with Crippen LogP contribution in [0.3, 0.4) is 0 Å². The lowest BCUT2D eigenvalue weighted by Gasteiger charge is -2.31. The van der Waals surface area contributed by atoms with Gasteiger partial charge in [-0.2, -0.15) is 0 Å². The Morgan fingerprint density at radius 2 is 1.00 bits per heavy atom. The molecule has 0 rings (SSSR count). The molecule has 0 heterocycles. The van der Waals surface area contributed by atoms with Gasteiger partial charge in [-0.25, -0.2) is 0 Å². The monoisotopic (exact) mass is 360 g/mol. The quantitative estimate of drug-likeness (QED) is 0.233. The van der Waals surface area contributed by atoms with Crippen molar-refractivity contribution in [2.75, 3.05) is 21.3 Å². The molecule has 1 atom stereocenters. The summed E-state index contributed by atoms with van der Waals surface area (Å²) in [5, 5.41) is 10.1. The molecule has 0 saturated carbocycles. The smallest absolute Gasteiger partial charge is 0.307 e. The highest BCUT2D eigenvalue weighted by Gasteiger charge is 2.37. The second-order valence-corrected chi connectivity index (χ2v) is 7.15. The third-order valence-corrected chi connectivity index (χ3v) is 5.10. The normalized spacial score (nSPS) is 13.3. The van der Waals surface area contributed by atoms with E-state index < -0.39 is 12.1 Å². The van der Waals surface area contributed by atoms with Gasteiger partial charge < -0.3 is 19.3 Å². The highest BCUT2D eigenvalue weighted by molar-refractivity contribution is 4.69. The summed E-state index contributed by atoms with van der Waals surface area (Å²) in [5.41, 5.74) is 0. The largest absolute Gasteiger partial charge is 0.373 e. The number of hydrogen-bond donors (Lipinski definition) is 1. The summed E-state index contributed by atoms with van der Waals surface area (Å²) < 4.78 is 15.3. The fourth-order valence-corrected chi connectivity index (χ4v) is 3.32. The summed E-state index contributed by atoms with van der Waals surface area (Å²) in [5.74, 6) is -1.63. The van der Waals surface area contributed by atoms with Crippen molar-refractivity contribution in [1.29, 1.82) is 0 Å². The number of rotatable bonds is 19. The Morgan fingerprint density at radius 1 is 0.640 bits per heavy atom. The van der Waals surface area contributed by atoms with E-state index in [4.69, 9.17) is 14.2 Å². The van der Waals surface area contributed by atoms with E-state index in [1.165, 1.54) is 97.7 Å². The summed E-state index contributed by atoms with van der Waals surface area (Å²) >= 11 is 0. The lowest BCUT2D eigenvalue weighted by Crippen LogP contribution is -2.46. The SMILES string of the molecule is CCCCCCCCCCCCCCCCC(OC)C(O)(OC)OC. The summed E-state index contributed by atoms with van der Waals surface area (Å²) in [6.45, 7) is 2.27. The van der Waals surface area contributed by atoms with E-state index in [0.29, 0.717) is 0 Å². The van der Waals surface area contributed by atoms with Crippen LogP contribution in [0.15, 0.2) is 0 Å². The zero-order valence-corrected chi connectivity index (χ0v) is 17.4. The molecule has 0 fully saturated rings. The molecule has 0 aliphatic heterocycles. The fraction of sp³-hybridized carbons (Fsp3) is 1.00. The van der Waals surface area contributed by atoms with E-state index >= 15 is 0 Å². The molecule has 0 aromatic heterocycles. The fourth-order valence-electron chi connectivity index (χ4n) is 3.32. The third-order valence-electron chi connectivity index (χ3n) is 5.10. The van der Waals surface area contributed by atoms with Crippen LogP contribution < -0.4 is 0 Å². The van der Waals surface area contributed by atoms with E-state index in [2.05, 4.69) is 6.92 Å². The van der Waals surface area contributed by atoms with Crippen molar-refractivity contribution in [2.24, 2.45) is 0 Å². The van der Waals surface area contributed by atoms with Crippen molar-refractivity contribution >= 4 is 0 Å². The van der Waals surface area contributed by atoms with E-state index in [1.54, 1.807) is 7.11 Å². The number of hydrogen-bond acceptors (Lipinski definition) is 4. The van der Waals surface area contributed by atoms with Gasteiger partial charge in [-0.3, -0.25) is 0 Å². The Kier molecular flexibility index (Phi) is 17.2. The van der Waals surface area contributed by atoms with Crippen LogP contribution in [-0.2, 0) is 14.2 Å². The maximum absolute atomic E-state index is 10.1. The molecule has 4 nitrogen and oxygen atoms in total. The minimum atomic E-state index is -1.63. The van der Waals surface area contributed by atoms with Crippen molar-refractivity contribution in [2.45, 2.75) is 115 Å². The van der Waals surface area contributed by atoms with Gasteiger partial charge in [0, 0.05) is 21.3 Å². The van der Waals surface area contributed by atoms with Crippen LogP contribution in [0.1, 0.15) is 103 Å². The molecule has 0 radical (unpaired) electrons. The maximum atomic E-state index is 10.1. The van der Waals surface area contributed by atoms with E-state index in [9.17, 15) is 5.11 Å². The van der Waals surface area contributed by atoms with Crippen molar-refractivity contribution < 1.29 is 19.3 Å². The molecule has 152 valence electrons. The minimum absolute atomic E-state index is 0.445. The standard InChI is InChI=1S/C21H44O4/c1-5-6-7-8-9-10-11-12-13-14-15-16-17-18-19-20(23-2)21(22,24-3)25-4/h20,22H,5-19H2,1-4H3. The zero-order chi connectivity index (χ0) is 18.8. The van der Waals surface area contributed by atoms with Gasteiger partial charge in [0.1, 0.15) is 6.10 Å². The van der Waals surface area contributed by atoms with Crippen LogP contribution in [0.4, 0.5) is 0 Å². The van der Waals surface area contributed by atoms with Crippen molar-refractivity contribution in [1.82, 2.24) is 0 Å². The van der Waals surface area contributed by atoms with Gasteiger partial charge in [0.25, 0.3) is 0 Å². The molecule has 0 spiro atoms. The molecular formula is C21H44O4. The molecule has 0 aromatic rings. The van der Waals surface area contributed by atoms with Gasteiger partial charge in [-0.1, -0.05) is 96.8 Å². The van der Waals surface area contributed by atoms with Crippen LogP contribution in [0.2, 0.25) is 0 Å². The third kappa shape index (κ3) is 12.8. The van der Waals surface area contributed by atoms with E-state index in [1.807, 2.05) is 0 Å². The van der Waals surface area contributed by atoms with Crippen LogP contribution in [0.25, 0.3) is 0 Å². The summed E-state index contributed by atoms with van der Waals surface area (Å²) in [6, 6.07) is 0. The molecule has 4 heteroatoms. The summed E-state index contributed by atoms with van der Waals surface area (Å²) in [7, 11) is 4.44. The number of unbranched alkanes of at least 4 members (excludes halogenated alkanes) is 13. The van der Waals surface area contributed by atoms with E-state index in [-0.39, 0.29) is 0 Å². The molecule has 0 saturated heterocycles. The van der Waals surface area contributed by atoms with Gasteiger partial charge in [0.05, 0.1) is 0 Å². The lowest BCUT2D eigenvalue weighted by atomic mass is 10.0. The Balaban J connectivity index is 3.41. The Hall–Kier alpha value is -0.160. The predicted octanol–water partition coefficient (Wildman–Crippen LogP) is 5.81. The summed E-state index contributed by atoms with van der Waals surface area (Å²) in [4.78, 5) is 0. The molecule has 25 heavy (non-hydrogen) atoms. The molecule has 0 aliphatic carbocycles. The first-order valence-electron chi connectivity index (χ1n) is 10.5.